The summed E-state index contributed by atoms with van der Waals surface area (Å²) in [6, 6.07) is 4.81. The number of rotatable bonds is 6. The number of halogens is 1. The molecule has 6 heteroatoms. The topological polar surface area (TPSA) is 64.4 Å². The fraction of sp³-hybridized carbons (Fsp3) is 0.273. The van der Waals surface area contributed by atoms with E-state index < -0.39 is 4.92 Å². The number of hydrogen-bond donors (Lipinski definition) is 1. The van der Waals surface area contributed by atoms with E-state index >= 15 is 0 Å². The maximum atomic E-state index is 10.8. The van der Waals surface area contributed by atoms with Crippen molar-refractivity contribution < 1.29 is 9.66 Å². The van der Waals surface area contributed by atoms with Crippen LogP contribution in [0.4, 0.5) is 5.69 Å². The van der Waals surface area contributed by atoms with E-state index in [2.05, 4.69) is 11.9 Å². The number of benzene rings is 1. The van der Waals surface area contributed by atoms with Crippen LogP contribution in [-0.4, -0.2) is 18.6 Å². The van der Waals surface area contributed by atoms with Crippen LogP contribution in [0.15, 0.2) is 29.8 Å². The number of nitro benzene ring substituents is 1. The van der Waals surface area contributed by atoms with E-state index in [9.17, 15) is 10.1 Å². The Hall–Kier alpha value is -1.59. The quantitative estimate of drug-likeness (QED) is 0.627. The molecule has 0 saturated carbocycles. The zero-order chi connectivity index (χ0) is 12.8. The van der Waals surface area contributed by atoms with E-state index in [1.165, 1.54) is 13.2 Å². The van der Waals surface area contributed by atoms with Gasteiger partial charge in [-0.25, -0.2) is 0 Å². The van der Waals surface area contributed by atoms with Gasteiger partial charge < -0.3 is 10.1 Å². The normalized spacial score (nSPS) is 10.0. The van der Waals surface area contributed by atoms with Crippen molar-refractivity contribution in [1.29, 1.82) is 0 Å². The summed E-state index contributed by atoms with van der Waals surface area (Å²) in [5, 5.41) is 14.3. The van der Waals surface area contributed by atoms with Crippen molar-refractivity contribution in [3.63, 3.8) is 0 Å². The minimum Gasteiger partial charge on any atom is -0.490 e. The van der Waals surface area contributed by atoms with E-state index in [-0.39, 0.29) is 11.4 Å². The second-order valence-corrected chi connectivity index (χ2v) is 3.92. The van der Waals surface area contributed by atoms with Crippen LogP contribution in [0.5, 0.6) is 5.75 Å². The lowest BCUT2D eigenvalue weighted by Crippen LogP contribution is -2.14. The van der Waals surface area contributed by atoms with Crippen molar-refractivity contribution in [3.05, 3.63) is 45.5 Å². The number of hydrogen-bond acceptors (Lipinski definition) is 4. The van der Waals surface area contributed by atoms with Gasteiger partial charge in [0.05, 0.1) is 12.0 Å². The molecule has 0 aromatic heterocycles. The summed E-state index contributed by atoms with van der Waals surface area (Å²) in [5.41, 5.74) is 0.743. The van der Waals surface area contributed by atoms with Crippen LogP contribution in [0.3, 0.4) is 0 Å². The third-order valence-electron chi connectivity index (χ3n) is 2.09. The monoisotopic (exact) mass is 256 g/mol. The molecule has 1 aromatic carbocycles. The number of methoxy groups -OCH3 is 1. The van der Waals surface area contributed by atoms with Crippen molar-refractivity contribution >= 4 is 17.3 Å². The highest BCUT2D eigenvalue weighted by atomic mass is 35.5. The average Bonchev–Trinajstić information content (AvgIpc) is 2.28. The molecule has 0 heterocycles. The molecule has 0 saturated heterocycles. The third-order valence-corrected chi connectivity index (χ3v) is 2.22. The molecule has 0 spiro atoms. The van der Waals surface area contributed by atoms with Gasteiger partial charge >= 0.3 is 5.69 Å². The first-order valence-electron chi connectivity index (χ1n) is 4.90. The predicted octanol–water partition coefficient (Wildman–Crippen LogP) is 2.45. The summed E-state index contributed by atoms with van der Waals surface area (Å²) in [4.78, 5) is 10.3. The summed E-state index contributed by atoms with van der Waals surface area (Å²) < 4.78 is 4.91. The molecule has 0 unspecified atom stereocenters. The number of nitrogens with one attached hydrogen (secondary N) is 1. The first kappa shape index (κ1) is 13.5. The molecule has 0 bridgehead atoms. The lowest BCUT2D eigenvalue weighted by atomic mass is 10.2. The van der Waals surface area contributed by atoms with E-state index in [1.54, 1.807) is 12.1 Å². The average molecular weight is 257 g/mol. The van der Waals surface area contributed by atoms with Gasteiger partial charge in [-0.1, -0.05) is 24.2 Å². The Balaban J connectivity index is 2.78. The van der Waals surface area contributed by atoms with Gasteiger partial charge in [-0.2, -0.15) is 0 Å². The minimum absolute atomic E-state index is 0.0449. The van der Waals surface area contributed by atoms with Crippen molar-refractivity contribution in [2.75, 3.05) is 13.7 Å². The third kappa shape index (κ3) is 4.05. The molecule has 92 valence electrons. The molecule has 0 atom stereocenters. The summed E-state index contributed by atoms with van der Waals surface area (Å²) in [5.74, 6) is 0.250. The number of nitro groups is 1. The van der Waals surface area contributed by atoms with Crippen LogP contribution in [-0.2, 0) is 6.54 Å². The summed E-state index contributed by atoms with van der Waals surface area (Å²) in [6.07, 6.45) is 0. The fourth-order valence-electron chi connectivity index (χ4n) is 1.33. The Bertz CT molecular complexity index is 435. The highest BCUT2D eigenvalue weighted by molar-refractivity contribution is 6.29. The van der Waals surface area contributed by atoms with Crippen LogP contribution in [0.1, 0.15) is 5.56 Å². The van der Waals surface area contributed by atoms with Gasteiger partial charge in [0.1, 0.15) is 0 Å². The maximum Gasteiger partial charge on any atom is 0.311 e. The second kappa shape index (κ2) is 6.22. The van der Waals surface area contributed by atoms with E-state index in [4.69, 9.17) is 16.3 Å². The highest BCUT2D eigenvalue weighted by Gasteiger charge is 2.14. The summed E-state index contributed by atoms with van der Waals surface area (Å²) >= 11 is 5.59. The molecule has 0 amide bonds. The standard InChI is InChI=1S/C11H13ClN2O3/c1-8(12)6-13-7-9-3-4-11(17-2)10(5-9)14(15)16/h3-5,13H,1,6-7H2,2H3. The van der Waals surface area contributed by atoms with Gasteiger partial charge in [-0.05, 0) is 11.6 Å². The summed E-state index contributed by atoms with van der Waals surface area (Å²) in [7, 11) is 1.40. The van der Waals surface area contributed by atoms with Crippen LogP contribution >= 0.6 is 11.6 Å². The Morgan fingerprint density at radius 3 is 2.88 bits per heavy atom. The van der Waals surface area contributed by atoms with Gasteiger partial charge in [0.25, 0.3) is 0 Å². The summed E-state index contributed by atoms with van der Waals surface area (Å²) in [6.45, 7) is 4.48. The van der Waals surface area contributed by atoms with Crippen molar-refractivity contribution in [2.24, 2.45) is 0 Å². The largest absolute Gasteiger partial charge is 0.490 e. The molecular formula is C11H13ClN2O3. The molecule has 1 N–H and O–H groups in total. The Morgan fingerprint density at radius 2 is 2.35 bits per heavy atom. The lowest BCUT2D eigenvalue weighted by molar-refractivity contribution is -0.385. The maximum absolute atomic E-state index is 10.8. The van der Waals surface area contributed by atoms with E-state index in [1.807, 2.05) is 0 Å². The highest BCUT2D eigenvalue weighted by Crippen LogP contribution is 2.27. The smallest absolute Gasteiger partial charge is 0.311 e. The fourth-order valence-corrected chi connectivity index (χ4v) is 1.43. The van der Waals surface area contributed by atoms with Crippen molar-refractivity contribution in [1.82, 2.24) is 5.32 Å². The first-order chi connectivity index (χ1) is 8.04. The second-order valence-electron chi connectivity index (χ2n) is 3.38. The van der Waals surface area contributed by atoms with Crippen LogP contribution in [0.25, 0.3) is 0 Å². The molecular weight excluding hydrogens is 244 g/mol. The van der Waals surface area contributed by atoms with Crippen molar-refractivity contribution in [2.45, 2.75) is 6.54 Å². The molecule has 5 nitrogen and oxygen atoms in total. The predicted molar refractivity (Wildman–Crippen MR) is 66.3 cm³/mol. The van der Waals surface area contributed by atoms with Crippen molar-refractivity contribution in [3.8, 4) is 5.75 Å². The van der Waals surface area contributed by atoms with Gasteiger partial charge in [0, 0.05) is 24.2 Å². The molecule has 0 aliphatic carbocycles. The molecule has 1 aromatic rings. The Kier molecular flexibility index (Phi) is 4.93. The number of ether oxygens (including phenoxy) is 1. The van der Waals surface area contributed by atoms with Crippen LogP contribution < -0.4 is 10.1 Å². The van der Waals surface area contributed by atoms with Gasteiger partial charge in [-0.3, -0.25) is 10.1 Å². The van der Waals surface area contributed by atoms with Crippen LogP contribution in [0.2, 0.25) is 0 Å². The lowest BCUT2D eigenvalue weighted by Gasteiger charge is -2.06. The molecule has 0 radical (unpaired) electrons. The van der Waals surface area contributed by atoms with E-state index in [0.717, 1.165) is 5.56 Å². The van der Waals surface area contributed by atoms with Gasteiger partial charge in [-0.15, -0.1) is 0 Å². The SMILES string of the molecule is C=C(Cl)CNCc1ccc(OC)c([N+](=O)[O-])c1. The molecule has 0 fully saturated rings. The zero-order valence-corrected chi connectivity index (χ0v) is 10.2. The number of nitrogens with zero attached hydrogens (tertiary/aromatic N) is 1. The first-order valence-corrected chi connectivity index (χ1v) is 5.27. The molecule has 0 aliphatic rings. The van der Waals surface area contributed by atoms with Gasteiger partial charge in [0.15, 0.2) is 5.75 Å². The molecule has 1 rings (SSSR count). The molecule has 17 heavy (non-hydrogen) atoms. The van der Waals surface area contributed by atoms with E-state index in [0.29, 0.717) is 18.1 Å². The van der Waals surface area contributed by atoms with Gasteiger partial charge in [0.2, 0.25) is 0 Å². The molecule has 0 aliphatic heterocycles. The minimum atomic E-state index is -0.469. The zero-order valence-electron chi connectivity index (χ0n) is 9.40. The Morgan fingerprint density at radius 1 is 1.65 bits per heavy atom. The van der Waals surface area contributed by atoms with Crippen LogP contribution in [0, 0.1) is 10.1 Å². The Labute approximate surface area is 104 Å².